The van der Waals surface area contributed by atoms with Crippen LogP contribution in [-0.2, 0) is 22.4 Å². The molecule has 0 saturated heterocycles. The Morgan fingerprint density at radius 2 is 1.46 bits per heavy atom. The fraction of sp³-hybridized carbons (Fsp3) is 0.579. The first-order chi connectivity index (χ1) is 11.2. The van der Waals surface area contributed by atoms with Crippen LogP contribution < -0.4 is 9.47 Å². The number of hydrogen-bond acceptors (Lipinski definition) is 4. The highest BCUT2D eigenvalue weighted by molar-refractivity contribution is 5.78. The van der Waals surface area contributed by atoms with E-state index in [-0.39, 0.29) is 12.8 Å². The van der Waals surface area contributed by atoms with Gasteiger partial charge in [-0.25, -0.2) is 0 Å². The molecule has 1 aromatic rings. The number of hydrogen-bond donors (Lipinski definition) is 1. The lowest BCUT2D eigenvalue weighted by atomic mass is 9.91. The van der Waals surface area contributed by atoms with Crippen molar-refractivity contribution in [3.05, 3.63) is 23.3 Å². The van der Waals surface area contributed by atoms with Gasteiger partial charge in [0.25, 0.3) is 0 Å². The van der Waals surface area contributed by atoms with Crippen LogP contribution in [0.15, 0.2) is 12.1 Å². The van der Waals surface area contributed by atoms with Crippen molar-refractivity contribution in [2.75, 3.05) is 7.11 Å². The molecule has 0 atom stereocenters. The molecule has 0 aliphatic heterocycles. The molecule has 134 valence electrons. The highest BCUT2D eigenvalue weighted by atomic mass is 16.5. The molecular weight excluding hydrogens is 308 g/mol. The minimum absolute atomic E-state index is 0.137. The molecule has 5 heteroatoms. The minimum atomic E-state index is -1.01. The van der Waals surface area contributed by atoms with Crippen LogP contribution in [0.3, 0.4) is 0 Å². The third-order valence-corrected chi connectivity index (χ3v) is 3.56. The molecule has 0 saturated carbocycles. The van der Waals surface area contributed by atoms with Gasteiger partial charge in [-0.2, -0.15) is 0 Å². The van der Waals surface area contributed by atoms with Gasteiger partial charge < -0.3 is 14.6 Å². The second kappa shape index (κ2) is 9.30. The molecule has 0 aromatic heterocycles. The van der Waals surface area contributed by atoms with E-state index in [0.717, 1.165) is 29.7 Å². The van der Waals surface area contributed by atoms with Crippen molar-refractivity contribution in [2.45, 2.75) is 53.4 Å². The van der Waals surface area contributed by atoms with Gasteiger partial charge in [0.1, 0.15) is 11.5 Å². The number of benzene rings is 1. The molecule has 0 spiro atoms. The molecule has 0 amide bonds. The molecule has 0 aliphatic rings. The van der Waals surface area contributed by atoms with Gasteiger partial charge in [0.15, 0.2) is 0 Å². The van der Waals surface area contributed by atoms with E-state index >= 15 is 0 Å². The molecule has 24 heavy (non-hydrogen) atoms. The molecule has 1 rings (SSSR count). The standard InChI is InChI=1S/C19H28O5/c1-12(2)10-14-15(11-13(3)4)17(7-6-16(14)23-5)24-19(22)9-8-18(20)21/h6-7,12-13H,8-11H2,1-5H3,(H,20,21). The summed E-state index contributed by atoms with van der Waals surface area (Å²) in [5.74, 6) is 0.593. The molecule has 0 radical (unpaired) electrons. The van der Waals surface area contributed by atoms with E-state index in [1.807, 2.05) is 0 Å². The van der Waals surface area contributed by atoms with Crippen molar-refractivity contribution < 1.29 is 24.2 Å². The zero-order valence-corrected chi connectivity index (χ0v) is 15.2. The number of carbonyl (C=O) groups is 2. The smallest absolute Gasteiger partial charge is 0.311 e. The van der Waals surface area contributed by atoms with Crippen molar-refractivity contribution in [2.24, 2.45) is 11.8 Å². The lowest BCUT2D eigenvalue weighted by Crippen LogP contribution is -2.14. The first-order valence-electron chi connectivity index (χ1n) is 8.35. The first kappa shape index (κ1) is 20.0. The normalized spacial score (nSPS) is 11.0. The first-order valence-corrected chi connectivity index (χ1v) is 8.35. The van der Waals surface area contributed by atoms with Crippen LogP contribution in [0.5, 0.6) is 11.5 Å². The predicted octanol–water partition coefficient (Wildman–Crippen LogP) is 3.86. The Morgan fingerprint density at radius 1 is 0.958 bits per heavy atom. The third-order valence-electron chi connectivity index (χ3n) is 3.56. The predicted molar refractivity (Wildman–Crippen MR) is 92.6 cm³/mol. The number of ether oxygens (including phenoxy) is 2. The summed E-state index contributed by atoms with van der Waals surface area (Å²) in [6.07, 6.45) is 1.22. The van der Waals surface area contributed by atoms with Gasteiger partial charge in [-0.1, -0.05) is 27.7 Å². The quantitative estimate of drug-likeness (QED) is 0.547. The van der Waals surface area contributed by atoms with E-state index in [1.54, 1.807) is 19.2 Å². The Hall–Kier alpha value is -2.04. The summed E-state index contributed by atoms with van der Waals surface area (Å²) >= 11 is 0. The van der Waals surface area contributed by atoms with Crippen LogP contribution in [0.1, 0.15) is 51.7 Å². The summed E-state index contributed by atoms with van der Waals surface area (Å²) in [7, 11) is 1.64. The maximum absolute atomic E-state index is 11.9. The maximum Gasteiger partial charge on any atom is 0.311 e. The van der Waals surface area contributed by atoms with Crippen LogP contribution in [0, 0.1) is 11.8 Å². The SMILES string of the molecule is COc1ccc(OC(=O)CCC(=O)O)c(CC(C)C)c1CC(C)C. The molecule has 5 nitrogen and oxygen atoms in total. The Balaban J connectivity index is 3.17. The number of carboxylic acid groups (broad SMARTS) is 1. The second-order valence-electron chi connectivity index (χ2n) is 6.79. The maximum atomic E-state index is 11.9. The van der Waals surface area contributed by atoms with Crippen molar-refractivity contribution in [3.8, 4) is 11.5 Å². The number of carbonyl (C=O) groups excluding carboxylic acids is 1. The highest BCUT2D eigenvalue weighted by Gasteiger charge is 2.19. The largest absolute Gasteiger partial charge is 0.496 e. The molecule has 0 fully saturated rings. The molecular formula is C19H28O5. The number of aliphatic carboxylic acids is 1. The van der Waals surface area contributed by atoms with Gasteiger partial charge in [-0.3, -0.25) is 9.59 Å². The molecule has 0 unspecified atom stereocenters. The van der Waals surface area contributed by atoms with Crippen molar-refractivity contribution in [3.63, 3.8) is 0 Å². The molecule has 0 bridgehead atoms. The highest BCUT2D eigenvalue weighted by Crippen LogP contribution is 2.34. The average Bonchev–Trinajstić information content (AvgIpc) is 2.47. The van der Waals surface area contributed by atoms with Crippen LogP contribution in [0.25, 0.3) is 0 Å². The summed E-state index contributed by atoms with van der Waals surface area (Å²) in [6.45, 7) is 8.47. The summed E-state index contributed by atoms with van der Waals surface area (Å²) in [5, 5.41) is 8.69. The van der Waals surface area contributed by atoms with E-state index in [0.29, 0.717) is 17.6 Å². The monoisotopic (exact) mass is 336 g/mol. The minimum Gasteiger partial charge on any atom is -0.496 e. The van der Waals surface area contributed by atoms with E-state index < -0.39 is 11.9 Å². The van der Waals surface area contributed by atoms with Gasteiger partial charge in [0.05, 0.1) is 20.0 Å². The van der Waals surface area contributed by atoms with Crippen molar-refractivity contribution in [1.82, 2.24) is 0 Å². The lowest BCUT2D eigenvalue weighted by molar-refractivity contribution is -0.142. The van der Waals surface area contributed by atoms with E-state index in [1.165, 1.54) is 0 Å². The Morgan fingerprint density at radius 3 is 1.92 bits per heavy atom. The van der Waals surface area contributed by atoms with Gasteiger partial charge in [0, 0.05) is 11.1 Å². The van der Waals surface area contributed by atoms with Crippen LogP contribution in [-0.4, -0.2) is 24.2 Å². The number of esters is 1. The van der Waals surface area contributed by atoms with Crippen LogP contribution >= 0.6 is 0 Å². The number of methoxy groups -OCH3 is 1. The van der Waals surface area contributed by atoms with Crippen molar-refractivity contribution in [1.29, 1.82) is 0 Å². The molecule has 1 aromatic carbocycles. The van der Waals surface area contributed by atoms with E-state index in [9.17, 15) is 9.59 Å². The molecule has 0 aliphatic carbocycles. The van der Waals surface area contributed by atoms with E-state index in [2.05, 4.69) is 27.7 Å². The summed E-state index contributed by atoms with van der Waals surface area (Å²) in [4.78, 5) is 22.5. The van der Waals surface area contributed by atoms with Gasteiger partial charge in [0.2, 0.25) is 0 Å². The second-order valence-corrected chi connectivity index (χ2v) is 6.79. The van der Waals surface area contributed by atoms with E-state index in [4.69, 9.17) is 14.6 Å². The van der Waals surface area contributed by atoms with Crippen LogP contribution in [0.2, 0.25) is 0 Å². The van der Waals surface area contributed by atoms with Gasteiger partial charge >= 0.3 is 11.9 Å². The van der Waals surface area contributed by atoms with Crippen LogP contribution in [0.4, 0.5) is 0 Å². The number of rotatable bonds is 9. The fourth-order valence-corrected chi connectivity index (χ4v) is 2.58. The Labute approximate surface area is 144 Å². The van der Waals surface area contributed by atoms with Gasteiger partial charge in [-0.15, -0.1) is 0 Å². The van der Waals surface area contributed by atoms with Gasteiger partial charge in [-0.05, 0) is 36.8 Å². The third kappa shape index (κ3) is 6.22. The van der Waals surface area contributed by atoms with Crippen molar-refractivity contribution >= 4 is 11.9 Å². The average molecular weight is 336 g/mol. The molecule has 0 heterocycles. The summed E-state index contributed by atoms with van der Waals surface area (Å²) in [6, 6.07) is 3.54. The Bertz CT molecular complexity index is 575. The Kier molecular flexibility index (Phi) is 7.75. The zero-order chi connectivity index (χ0) is 18.3. The summed E-state index contributed by atoms with van der Waals surface area (Å²) < 4.78 is 10.9. The topological polar surface area (TPSA) is 72.8 Å². The summed E-state index contributed by atoms with van der Waals surface area (Å²) in [5.41, 5.74) is 2.03. The fourth-order valence-electron chi connectivity index (χ4n) is 2.58. The lowest BCUT2D eigenvalue weighted by Gasteiger charge is -2.20. The number of carboxylic acids is 1. The zero-order valence-electron chi connectivity index (χ0n) is 15.2. The molecule has 1 N–H and O–H groups in total.